The molecule has 1 atom stereocenters. The molecule has 0 radical (unpaired) electrons. The minimum absolute atomic E-state index is 0.0589. The highest BCUT2D eigenvalue weighted by molar-refractivity contribution is 7.89. The van der Waals surface area contributed by atoms with Crippen LogP contribution in [0.1, 0.15) is 36.3 Å². The molecule has 0 saturated heterocycles. The van der Waals surface area contributed by atoms with Crippen LogP contribution in [0, 0.1) is 29.0 Å². The molecule has 1 amide bonds. The molecule has 0 bridgehead atoms. The highest BCUT2D eigenvalue weighted by atomic mass is 32.2. The molecule has 0 saturated carbocycles. The van der Waals surface area contributed by atoms with Crippen LogP contribution in [0.2, 0.25) is 0 Å². The number of carbonyl (C=O) groups excluding carboxylic acids is 1. The average Bonchev–Trinajstić information content (AvgIpc) is 2.97. The first-order valence-corrected chi connectivity index (χ1v) is 11.0. The van der Waals surface area contributed by atoms with E-state index in [-0.39, 0.29) is 40.6 Å². The summed E-state index contributed by atoms with van der Waals surface area (Å²) in [5.41, 5.74) is -1.36. The van der Waals surface area contributed by atoms with E-state index in [4.69, 9.17) is 10.00 Å². The standard InChI is InChI=1S/C21H21FN4O5S/c1-21(2,28)8-4-5-15-12-31-19-17(32(29,30)25-15)11-26(3)18(19)20(27)24-14-6-7-16(22)13(9-14)10-23/h6-7,9,11,15,25,28H,5,12H2,1-3H3,(H,24,27). The molecule has 1 aliphatic rings. The van der Waals surface area contributed by atoms with Crippen molar-refractivity contribution in [3.05, 3.63) is 41.5 Å². The van der Waals surface area contributed by atoms with Gasteiger partial charge in [-0.1, -0.05) is 11.8 Å². The Kier molecular flexibility index (Phi) is 6.28. The van der Waals surface area contributed by atoms with Crippen molar-refractivity contribution in [3.8, 4) is 23.7 Å². The van der Waals surface area contributed by atoms with E-state index < -0.39 is 33.4 Å². The van der Waals surface area contributed by atoms with Crippen LogP contribution in [-0.4, -0.2) is 42.2 Å². The van der Waals surface area contributed by atoms with Gasteiger partial charge in [-0.2, -0.15) is 5.26 Å². The number of fused-ring (bicyclic) bond motifs is 1. The van der Waals surface area contributed by atoms with Gasteiger partial charge in [0.1, 0.15) is 29.0 Å². The van der Waals surface area contributed by atoms with Gasteiger partial charge >= 0.3 is 0 Å². The molecule has 9 nitrogen and oxygen atoms in total. The van der Waals surface area contributed by atoms with Gasteiger partial charge in [-0.3, -0.25) is 4.79 Å². The highest BCUT2D eigenvalue weighted by Gasteiger charge is 2.34. The average molecular weight is 460 g/mol. The summed E-state index contributed by atoms with van der Waals surface area (Å²) in [5.74, 6) is 3.79. The van der Waals surface area contributed by atoms with Gasteiger partial charge in [0.05, 0.1) is 11.6 Å². The van der Waals surface area contributed by atoms with Crippen molar-refractivity contribution in [2.75, 3.05) is 11.9 Å². The van der Waals surface area contributed by atoms with Crippen molar-refractivity contribution >= 4 is 21.6 Å². The van der Waals surface area contributed by atoms with E-state index in [1.165, 1.54) is 43.8 Å². The molecule has 1 aromatic carbocycles. The van der Waals surface area contributed by atoms with Crippen molar-refractivity contribution in [3.63, 3.8) is 0 Å². The van der Waals surface area contributed by atoms with Gasteiger partial charge in [0.2, 0.25) is 10.0 Å². The van der Waals surface area contributed by atoms with Crippen molar-refractivity contribution < 1.29 is 27.4 Å². The zero-order valence-corrected chi connectivity index (χ0v) is 18.4. The van der Waals surface area contributed by atoms with Crippen LogP contribution >= 0.6 is 0 Å². The minimum Gasteiger partial charge on any atom is -0.488 e. The Bertz CT molecular complexity index is 1280. The Balaban J connectivity index is 1.89. The Morgan fingerprint density at radius 3 is 2.84 bits per heavy atom. The topological polar surface area (TPSA) is 133 Å². The summed E-state index contributed by atoms with van der Waals surface area (Å²) in [5, 5.41) is 21.2. The summed E-state index contributed by atoms with van der Waals surface area (Å²) in [6.07, 6.45) is 1.34. The number of aliphatic hydroxyl groups is 1. The molecule has 1 unspecified atom stereocenters. The lowest BCUT2D eigenvalue weighted by Crippen LogP contribution is -2.36. The van der Waals surface area contributed by atoms with Crippen LogP contribution in [0.3, 0.4) is 0 Å². The van der Waals surface area contributed by atoms with Gasteiger partial charge in [0, 0.05) is 25.4 Å². The number of hydrogen-bond acceptors (Lipinski definition) is 6. The molecule has 0 spiro atoms. The summed E-state index contributed by atoms with van der Waals surface area (Å²) in [7, 11) is -2.53. The van der Waals surface area contributed by atoms with E-state index >= 15 is 0 Å². The molecule has 0 aliphatic carbocycles. The van der Waals surface area contributed by atoms with Crippen molar-refractivity contribution in [1.82, 2.24) is 9.29 Å². The smallest absolute Gasteiger partial charge is 0.276 e. The fourth-order valence-corrected chi connectivity index (χ4v) is 4.45. The maximum atomic E-state index is 13.5. The number of sulfonamides is 1. The number of benzene rings is 1. The summed E-state index contributed by atoms with van der Waals surface area (Å²) in [6.45, 7) is 2.93. The lowest BCUT2D eigenvalue weighted by Gasteiger charge is -2.14. The predicted molar refractivity (Wildman–Crippen MR) is 113 cm³/mol. The lowest BCUT2D eigenvalue weighted by atomic mass is 10.1. The number of aryl methyl sites for hydroxylation is 1. The maximum Gasteiger partial charge on any atom is 0.276 e. The fraction of sp³-hybridized carbons (Fsp3) is 0.333. The van der Waals surface area contributed by atoms with Crippen LogP contribution in [0.25, 0.3) is 0 Å². The van der Waals surface area contributed by atoms with Crippen LogP contribution in [0.4, 0.5) is 10.1 Å². The van der Waals surface area contributed by atoms with Crippen LogP contribution in [0.15, 0.2) is 29.3 Å². The first-order valence-electron chi connectivity index (χ1n) is 9.49. The van der Waals surface area contributed by atoms with Gasteiger partial charge in [-0.25, -0.2) is 17.5 Å². The molecule has 0 fully saturated rings. The lowest BCUT2D eigenvalue weighted by molar-refractivity contribution is 0.101. The first kappa shape index (κ1) is 23.3. The van der Waals surface area contributed by atoms with Gasteiger partial charge in [-0.15, -0.1) is 0 Å². The number of aromatic nitrogens is 1. The second-order valence-corrected chi connectivity index (χ2v) is 9.42. The van der Waals surface area contributed by atoms with E-state index in [1.54, 1.807) is 6.07 Å². The van der Waals surface area contributed by atoms with E-state index in [1.807, 2.05) is 0 Å². The molecule has 11 heteroatoms. The van der Waals surface area contributed by atoms with Crippen LogP contribution in [-0.2, 0) is 17.1 Å². The Morgan fingerprint density at radius 2 is 2.19 bits per heavy atom. The van der Waals surface area contributed by atoms with E-state index in [0.29, 0.717) is 0 Å². The molecule has 32 heavy (non-hydrogen) atoms. The summed E-state index contributed by atoms with van der Waals surface area (Å²) < 4.78 is 48.7. The SMILES string of the molecule is Cn1cc2c(c1C(=O)Nc1ccc(F)c(C#N)c1)OCC(CC#CC(C)(C)O)NS2(=O)=O. The third-order valence-electron chi connectivity index (χ3n) is 4.45. The molecule has 2 heterocycles. The summed E-state index contributed by atoms with van der Waals surface area (Å²) in [6, 6.07) is 4.49. The second kappa shape index (κ2) is 8.63. The minimum atomic E-state index is -4.02. The normalized spacial score (nSPS) is 17.1. The Labute approximate surface area is 184 Å². The molecule has 2 aromatic rings. The molecule has 1 aliphatic heterocycles. The van der Waals surface area contributed by atoms with E-state index in [2.05, 4.69) is 21.9 Å². The molecule has 168 valence electrons. The third kappa shape index (κ3) is 5.08. The Hall–Kier alpha value is -3.38. The molecular weight excluding hydrogens is 439 g/mol. The van der Waals surface area contributed by atoms with Crippen molar-refractivity contribution in [2.45, 2.75) is 36.8 Å². The molecular formula is C21H21FN4O5S. The number of hydrogen-bond donors (Lipinski definition) is 3. The van der Waals surface area contributed by atoms with Gasteiger partial charge in [0.25, 0.3) is 5.91 Å². The van der Waals surface area contributed by atoms with Crippen LogP contribution in [0.5, 0.6) is 5.75 Å². The first-order chi connectivity index (χ1) is 14.9. The monoisotopic (exact) mass is 460 g/mol. The fourth-order valence-electron chi connectivity index (χ4n) is 3.04. The van der Waals surface area contributed by atoms with Crippen molar-refractivity contribution in [2.24, 2.45) is 7.05 Å². The molecule has 1 aromatic heterocycles. The number of rotatable bonds is 3. The van der Waals surface area contributed by atoms with E-state index in [9.17, 15) is 22.7 Å². The number of ether oxygens (including phenoxy) is 1. The van der Waals surface area contributed by atoms with Gasteiger partial charge in [0.15, 0.2) is 11.4 Å². The number of nitrogens with zero attached hydrogens (tertiary/aromatic N) is 2. The molecule has 3 N–H and O–H groups in total. The quantitative estimate of drug-likeness (QED) is 0.595. The number of amides is 1. The molecule has 3 rings (SSSR count). The number of anilines is 1. The summed E-state index contributed by atoms with van der Waals surface area (Å²) in [4.78, 5) is 12.7. The number of halogens is 1. The van der Waals surface area contributed by atoms with Crippen LogP contribution < -0.4 is 14.8 Å². The predicted octanol–water partition coefficient (Wildman–Crippen LogP) is 1.49. The Morgan fingerprint density at radius 1 is 1.47 bits per heavy atom. The maximum absolute atomic E-state index is 13.5. The second-order valence-electron chi connectivity index (χ2n) is 7.74. The highest BCUT2D eigenvalue weighted by Crippen LogP contribution is 2.33. The zero-order chi connectivity index (χ0) is 23.7. The van der Waals surface area contributed by atoms with E-state index in [0.717, 1.165) is 6.07 Å². The largest absolute Gasteiger partial charge is 0.488 e. The number of carbonyl (C=O) groups is 1. The third-order valence-corrected chi connectivity index (χ3v) is 5.96. The van der Waals surface area contributed by atoms with Gasteiger partial charge < -0.3 is 19.7 Å². The van der Waals surface area contributed by atoms with Gasteiger partial charge in [-0.05, 0) is 32.0 Å². The zero-order valence-electron chi connectivity index (χ0n) is 17.6. The number of nitrogens with one attached hydrogen (secondary N) is 2. The number of nitriles is 1. The summed E-state index contributed by atoms with van der Waals surface area (Å²) >= 11 is 0. The van der Waals surface area contributed by atoms with Crippen molar-refractivity contribution in [1.29, 1.82) is 5.26 Å².